The number of para-hydroxylation sites is 1. The Kier molecular flexibility index (Phi) is 9.00. The summed E-state index contributed by atoms with van der Waals surface area (Å²) in [6.45, 7) is 10.2. The lowest BCUT2D eigenvalue weighted by atomic mass is 9.91. The van der Waals surface area contributed by atoms with E-state index in [1.54, 1.807) is 15.8 Å². The van der Waals surface area contributed by atoms with Crippen molar-refractivity contribution < 1.29 is 14.3 Å². The van der Waals surface area contributed by atoms with Crippen LogP contribution < -0.4 is 5.32 Å². The number of amides is 2. The van der Waals surface area contributed by atoms with E-state index >= 15 is 0 Å². The Morgan fingerprint density at radius 3 is 2.46 bits per heavy atom. The number of hydrogen-bond donors (Lipinski definition) is 1. The van der Waals surface area contributed by atoms with Crippen molar-refractivity contribution in [2.45, 2.75) is 64.5 Å². The van der Waals surface area contributed by atoms with Crippen LogP contribution in [0.3, 0.4) is 0 Å². The SMILES string of the molecule is CC(C)(C)OC(=O)N1CCC(c2c(C(=O)NCCCN3CCc4ccccc4C3)cnn2-c2ccccc2Cl)CC1. The summed E-state index contributed by atoms with van der Waals surface area (Å²) in [5, 5.41) is 8.33. The maximum atomic E-state index is 13.5. The predicted molar refractivity (Wildman–Crippen MR) is 161 cm³/mol. The molecule has 0 bridgehead atoms. The van der Waals surface area contributed by atoms with Gasteiger partial charge in [-0.2, -0.15) is 5.10 Å². The van der Waals surface area contributed by atoms with Crippen molar-refractivity contribution in [2.75, 3.05) is 32.7 Å². The molecule has 0 aliphatic carbocycles. The summed E-state index contributed by atoms with van der Waals surface area (Å²) in [5.74, 6) is -0.0847. The average Bonchev–Trinajstić information content (AvgIpc) is 3.39. The molecule has 2 aliphatic heterocycles. The highest BCUT2D eigenvalue weighted by molar-refractivity contribution is 6.32. The van der Waals surface area contributed by atoms with Crippen LogP contribution in [-0.4, -0.2) is 69.9 Å². The normalized spacial score (nSPS) is 16.3. The molecule has 3 heterocycles. The molecule has 0 spiro atoms. The smallest absolute Gasteiger partial charge is 0.410 e. The number of rotatable bonds is 7. The minimum absolute atomic E-state index is 0.0432. The Morgan fingerprint density at radius 2 is 1.73 bits per heavy atom. The molecule has 0 unspecified atom stereocenters. The first kappa shape index (κ1) is 29.1. The second kappa shape index (κ2) is 12.7. The van der Waals surface area contributed by atoms with E-state index in [2.05, 4.69) is 39.6 Å². The number of carbonyl (C=O) groups excluding carboxylic acids is 2. The van der Waals surface area contributed by atoms with Gasteiger partial charge in [0.25, 0.3) is 5.91 Å². The van der Waals surface area contributed by atoms with E-state index in [1.807, 2.05) is 45.0 Å². The topological polar surface area (TPSA) is 79.7 Å². The molecule has 3 aromatic rings. The fourth-order valence-electron chi connectivity index (χ4n) is 5.75. The standard InChI is InChI=1S/C32H40ClN5O3/c1-32(2,3)41-31(40)37-19-14-24(15-20-37)29-26(21-35-38(29)28-12-7-6-11-27(28)33)30(39)34-16-8-17-36-18-13-23-9-4-5-10-25(23)22-36/h4-7,9-12,21,24H,8,13-20,22H2,1-3H3,(H,34,39). The van der Waals surface area contributed by atoms with Crippen molar-refractivity contribution in [3.05, 3.63) is 82.1 Å². The van der Waals surface area contributed by atoms with Gasteiger partial charge in [-0.15, -0.1) is 0 Å². The number of nitrogens with zero attached hydrogens (tertiary/aromatic N) is 4. The third kappa shape index (κ3) is 7.11. The van der Waals surface area contributed by atoms with Crippen LogP contribution in [0, 0.1) is 0 Å². The summed E-state index contributed by atoms with van der Waals surface area (Å²) in [6, 6.07) is 16.2. The van der Waals surface area contributed by atoms with Crippen molar-refractivity contribution in [3.8, 4) is 5.69 Å². The van der Waals surface area contributed by atoms with Gasteiger partial charge >= 0.3 is 6.09 Å². The summed E-state index contributed by atoms with van der Waals surface area (Å²) in [5.41, 5.74) is 4.44. The van der Waals surface area contributed by atoms with Gasteiger partial charge in [-0.05, 0) is 69.7 Å². The van der Waals surface area contributed by atoms with Crippen LogP contribution in [0.5, 0.6) is 0 Å². The number of likely N-dealkylation sites (tertiary alicyclic amines) is 1. The molecule has 9 heteroatoms. The number of hydrogen-bond acceptors (Lipinski definition) is 5. The summed E-state index contributed by atoms with van der Waals surface area (Å²) < 4.78 is 7.38. The molecule has 41 heavy (non-hydrogen) atoms. The van der Waals surface area contributed by atoms with Crippen LogP contribution in [0.4, 0.5) is 4.79 Å². The summed E-state index contributed by atoms with van der Waals surface area (Å²) in [6.07, 6.45) is 4.69. The number of nitrogens with one attached hydrogen (secondary N) is 1. The lowest BCUT2D eigenvalue weighted by molar-refractivity contribution is 0.0203. The molecular weight excluding hydrogens is 538 g/mol. The van der Waals surface area contributed by atoms with Gasteiger partial charge in [0.2, 0.25) is 0 Å². The lowest BCUT2D eigenvalue weighted by Gasteiger charge is -2.34. The second-order valence-electron chi connectivity index (χ2n) is 12.0. The Hall–Kier alpha value is -3.36. The third-order valence-corrected chi connectivity index (χ3v) is 8.13. The van der Waals surface area contributed by atoms with E-state index in [0.29, 0.717) is 43.1 Å². The third-order valence-electron chi connectivity index (χ3n) is 7.81. The number of ether oxygens (including phenoxy) is 1. The number of benzene rings is 2. The molecule has 0 atom stereocenters. The van der Waals surface area contributed by atoms with E-state index in [0.717, 1.165) is 43.9 Å². The molecule has 2 aliphatic rings. The first-order chi connectivity index (χ1) is 19.7. The number of piperidine rings is 1. The zero-order valence-electron chi connectivity index (χ0n) is 24.2. The van der Waals surface area contributed by atoms with E-state index in [-0.39, 0.29) is 17.9 Å². The number of fused-ring (bicyclic) bond motifs is 1. The molecule has 1 fully saturated rings. The van der Waals surface area contributed by atoms with E-state index in [9.17, 15) is 9.59 Å². The largest absolute Gasteiger partial charge is 0.444 e. The first-order valence-electron chi connectivity index (χ1n) is 14.6. The van der Waals surface area contributed by atoms with Crippen molar-refractivity contribution >= 4 is 23.6 Å². The second-order valence-corrected chi connectivity index (χ2v) is 12.4. The number of halogens is 1. The maximum absolute atomic E-state index is 13.5. The molecule has 1 N–H and O–H groups in total. The van der Waals surface area contributed by atoms with Crippen molar-refractivity contribution in [1.82, 2.24) is 24.9 Å². The van der Waals surface area contributed by atoms with E-state index in [1.165, 1.54) is 11.1 Å². The highest BCUT2D eigenvalue weighted by Gasteiger charge is 2.32. The van der Waals surface area contributed by atoms with E-state index in [4.69, 9.17) is 16.3 Å². The van der Waals surface area contributed by atoms with Gasteiger partial charge in [-0.25, -0.2) is 9.48 Å². The molecule has 0 saturated carbocycles. The highest BCUT2D eigenvalue weighted by atomic mass is 35.5. The monoisotopic (exact) mass is 577 g/mol. The van der Waals surface area contributed by atoms with Crippen LogP contribution in [0.25, 0.3) is 5.69 Å². The van der Waals surface area contributed by atoms with Crippen LogP contribution in [0.2, 0.25) is 5.02 Å². The first-order valence-corrected chi connectivity index (χ1v) is 15.0. The predicted octanol–water partition coefficient (Wildman–Crippen LogP) is 5.82. The van der Waals surface area contributed by atoms with Gasteiger partial charge in [-0.1, -0.05) is 48.0 Å². The molecule has 1 saturated heterocycles. The van der Waals surface area contributed by atoms with Gasteiger partial charge in [0.05, 0.1) is 28.2 Å². The average molecular weight is 578 g/mol. The molecule has 2 amide bonds. The van der Waals surface area contributed by atoms with Crippen LogP contribution in [0.1, 0.15) is 73.1 Å². The van der Waals surface area contributed by atoms with Crippen molar-refractivity contribution in [3.63, 3.8) is 0 Å². The molecule has 5 rings (SSSR count). The van der Waals surface area contributed by atoms with Gasteiger partial charge in [0.1, 0.15) is 5.60 Å². The zero-order chi connectivity index (χ0) is 29.0. The molecule has 2 aromatic carbocycles. The molecule has 218 valence electrons. The van der Waals surface area contributed by atoms with Gasteiger partial charge in [-0.3, -0.25) is 9.69 Å². The fraction of sp³-hybridized carbons (Fsp3) is 0.469. The number of carbonyl (C=O) groups is 2. The summed E-state index contributed by atoms with van der Waals surface area (Å²) in [7, 11) is 0. The van der Waals surface area contributed by atoms with Gasteiger partial charge < -0.3 is 15.0 Å². The summed E-state index contributed by atoms with van der Waals surface area (Å²) >= 11 is 6.56. The molecule has 1 aromatic heterocycles. The minimum atomic E-state index is -0.541. The quantitative estimate of drug-likeness (QED) is 0.358. The van der Waals surface area contributed by atoms with Crippen molar-refractivity contribution in [1.29, 1.82) is 0 Å². The minimum Gasteiger partial charge on any atom is -0.444 e. The Morgan fingerprint density at radius 1 is 1.02 bits per heavy atom. The van der Waals surface area contributed by atoms with Crippen LogP contribution in [0.15, 0.2) is 54.7 Å². The Balaban J connectivity index is 1.25. The summed E-state index contributed by atoms with van der Waals surface area (Å²) in [4.78, 5) is 30.3. The lowest BCUT2D eigenvalue weighted by Crippen LogP contribution is -2.41. The van der Waals surface area contributed by atoms with Gasteiger partial charge in [0.15, 0.2) is 0 Å². The molecular formula is C32H40ClN5O3. The molecule has 0 radical (unpaired) electrons. The highest BCUT2D eigenvalue weighted by Crippen LogP contribution is 2.34. The fourth-order valence-corrected chi connectivity index (χ4v) is 5.96. The number of aromatic nitrogens is 2. The maximum Gasteiger partial charge on any atom is 0.410 e. The molecule has 8 nitrogen and oxygen atoms in total. The van der Waals surface area contributed by atoms with Crippen molar-refractivity contribution in [2.24, 2.45) is 0 Å². The van der Waals surface area contributed by atoms with Gasteiger partial charge in [0, 0.05) is 45.2 Å². The zero-order valence-corrected chi connectivity index (χ0v) is 25.0. The van der Waals surface area contributed by atoms with Crippen LogP contribution >= 0.6 is 11.6 Å². The van der Waals surface area contributed by atoms with E-state index < -0.39 is 5.60 Å². The van der Waals surface area contributed by atoms with Crippen LogP contribution in [-0.2, 0) is 17.7 Å². The Bertz CT molecular complexity index is 1370. The Labute approximate surface area is 247 Å².